The minimum Gasteiger partial charge on any atom is -0.479 e. The first-order chi connectivity index (χ1) is 10.1. The van der Waals surface area contributed by atoms with E-state index < -0.39 is 12.0 Å². The smallest absolute Gasteiger partial charge is 0.330 e. The van der Waals surface area contributed by atoms with Crippen molar-refractivity contribution in [3.05, 3.63) is 64.1 Å². The van der Waals surface area contributed by atoms with E-state index in [9.17, 15) is 9.90 Å². The van der Waals surface area contributed by atoms with E-state index in [2.05, 4.69) is 21.2 Å². The number of carboxylic acid groups (broad SMARTS) is 1. The molecule has 0 fully saturated rings. The van der Waals surface area contributed by atoms with Crippen molar-refractivity contribution in [3.8, 4) is 0 Å². The first-order valence-corrected chi connectivity index (χ1v) is 7.22. The summed E-state index contributed by atoms with van der Waals surface area (Å²) in [6.07, 6.45) is 0. The first-order valence-electron chi connectivity index (χ1n) is 6.43. The van der Waals surface area contributed by atoms with Crippen molar-refractivity contribution in [3.63, 3.8) is 0 Å². The van der Waals surface area contributed by atoms with E-state index in [0.29, 0.717) is 12.2 Å². The Hall–Kier alpha value is -1.85. The number of hydrogen-bond acceptors (Lipinski definition) is 3. The van der Waals surface area contributed by atoms with Crippen LogP contribution in [0.5, 0.6) is 0 Å². The second kappa shape index (κ2) is 7.24. The second-order valence-electron chi connectivity index (χ2n) is 4.57. The summed E-state index contributed by atoms with van der Waals surface area (Å²) >= 11 is 3.41. The van der Waals surface area contributed by atoms with Gasteiger partial charge in [-0.25, -0.2) is 4.79 Å². The number of benzene rings is 2. The quantitative estimate of drug-likeness (QED) is 0.831. The zero-order valence-electron chi connectivity index (χ0n) is 11.5. The Kier molecular flexibility index (Phi) is 5.36. The molecular formula is C16H16BrNO3. The summed E-state index contributed by atoms with van der Waals surface area (Å²) in [7, 11) is 1.61. The lowest BCUT2D eigenvalue weighted by Gasteiger charge is -2.18. The number of anilines is 1. The molecule has 2 N–H and O–H groups in total. The lowest BCUT2D eigenvalue weighted by Crippen LogP contribution is -2.20. The Labute approximate surface area is 131 Å². The van der Waals surface area contributed by atoms with E-state index in [0.717, 1.165) is 15.7 Å². The Bertz CT molecular complexity index is 630. The molecule has 2 aromatic rings. The van der Waals surface area contributed by atoms with Gasteiger partial charge >= 0.3 is 5.97 Å². The summed E-state index contributed by atoms with van der Waals surface area (Å²) in [4.78, 5) is 11.6. The van der Waals surface area contributed by atoms with Gasteiger partial charge in [-0.1, -0.05) is 36.4 Å². The molecule has 1 atom stereocenters. The first kappa shape index (κ1) is 15.5. The molecule has 0 aliphatic rings. The van der Waals surface area contributed by atoms with Crippen molar-refractivity contribution in [2.24, 2.45) is 0 Å². The molecule has 0 spiro atoms. The van der Waals surface area contributed by atoms with Gasteiger partial charge in [-0.3, -0.25) is 0 Å². The van der Waals surface area contributed by atoms with Crippen LogP contribution in [0.3, 0.4) is 0 Å². The van der Waals surface area contributed by atoms with Crippen LogP contribution in [0.15, 0.2) is 53.0 Å². The maximum atomic E-state index is 11.6. The van der Waals surface area contributed by atoms with Crippen LogP contribution in [-0.4, -0.2) is 18.2 Å². The standard InChI is InChI=1S/C16H16BrNO3/c1-21-10-11-5-4-6-12(9-11)15(16(19)20)18-14-8-3-2-7-13(14)17/h2-9,15,18H,10H2,1H3,(H,19,20). The van der Waals surface area contributed by atoms with Gasteiger partial charge in [-0.05, 0) is 39.2 Å². The Balaban J connectivity index is 2.29. The lowest BCUT2D eigenvalue weighted by atomic mass is 10.0. The van der Waals surface area contributed by atoms with E-state index in [1.54, 1.807) is 13.2 Å². The van der Waals surface area contributed by atoms with Gasteiger partial charge < -0.3 is 15.2 Å². The molecular weight excluding hydrogens is 334 g/mol. The van der Waals surface area contributed by atoms with Crippen molar-refractivity contribution in [2.45, 2.75) is 12.6 Å². The van der Waals surface area contributed by atoms with Crippen LogP contribution in [0, 0.1) is 0 Å². The highest BCUT2D eigenvalue weighted by Crippen LogP contribution is 2.27. The van der Waals surface area contributed by atoms with Gasteiger partial charge in [0.2, 0.25) is 0 Å². The molecule has 0 bridgehead atoms. The maximum Gasteiger partial charge on any atom is 0.330 e. The summed E-state index contributed by atoms with van der Waals surface area (Å²) in [6.45, 7) is 0.454. The summed E-state index contributed by atoms with van der Waals surface area (Å²) in [5.74, 6) is -0.930. The van der Waals surface area contributed by atoms with Crippen LogP contribution in [0.2, 0.25) is 0 Å². The van der Waals surface area contributed by atoms with Crippen molar-refractivity contribution in [1.82, 2.24) is 0 Å². The number of rotatable bonds is 6. The molecule has 2 aromatic carbocycles. The molecule has 21 heavy (non-hydrogen) atoms. The molecule has 0 saturated heterocycles. The zero-order valence-corrected chi connectivity index (χ0v) is 13.1. The van der Waals surface area contributed by atoms with Gasteiger partial charge in [0.15, 0.2) is 6.04 Å². The van der Waals surface area contributed by atoms with Gasteiger partial charge in [0.1, 0.15) is 0 Å². The molecule has 0 heterocycles. The van der Waals surface area contributed by atoms with E-state index in [-0.39, 0.29) is 0 Å². The molecule has 2 rings (SSSR count). The third-order valence-corrected chi connectivity index (χ3v) is 3.71. The third-order valence-electron chi connectivity index (χ3n) is 3.02. The molecule has 1 unspecified atom stereocenters. The van der Waals surface area contributed by atoms with Crippen LogP contribution < -0.4 is 5.32 Å². The fraction of sp³-hybridized carbons (Fsp3) is 0.188. The highest BCUT2D eigenvalue weighted by Gasteiger charge is 2.20. The average molecular weight is 350 g/mol. The molecule has 0 amide bonds. The average Bonchev–Trinajstić information content (AvgIpc) is 2.46. The molecule has 0 radical (unpaired) electrons. The molecule has 110 valence electrons. The summed E-state index contributed by atoms with van der Waals surface area (Å²) in [5, 5.41) is 12.5. The monoisotopic (exact) mass is 349 g/mol. The molecule has 0 aliphatic heterocycles. The van der Waals surface area contributed by atoms with Crippen molar-refractivity contribution in [2.75, 3.05) is 12.4 Å². The van der Waals surface area contributed by atoms with Crippen LogP contribution in [0.4, 0.5) is 5.69 Å². The van der Waals surface area contributed by atoms with Gasteiger partial charge in [-0.2, -0.15) is 0 Å². The predicted molar refractivity (Wildman–Crippen MR) is 85.3 cm³/mol. The number of carboxylic acids is 1. The second-order valence-corrected chi connectivity index (χ2v) is 5.43. The Morgan fingerprint density at radius 3 is 2.71 bits per heavy atom. The minimum absolute atomic E-state index is 0.454. The maximum absolute atomic E-state index is 11.6. The fourth-order valence-electron chi connectivity index (χ4n) is 2.05. The zero-order chi connectivity index (χ0) is 15.2. The number of methoxy groups -OCH3 is 1. The van der Waals surface area contributed by atoms with Crippen molar-refractivity contribution >= 4 is 27.6 Å². The Morgan fingerprint density at radius 1 is 1.29 bits per heavy atom. The van der Waals surface area contributed by atoms with Crippen LogP contribution in [0.25, 0.3) is 0 Å². The molecule has 0 aromatic heterocycles. The largest absolute Gasteiger partial charge is 0.479 e. The topological polar surface area (TPSA) is 58.6 Å². The van der Waals surface area contributed by atoms with Gasteiger partial charge in [0, 0.05) is 17.3 Å². The van der Waals surface area contributed by atoms with E-state index in [1.165, 1.54) is 0 Å². The summed E-state index contributed by atoms with van der Waals surface area (Å²) < 4.78 is 5.91. The number of halogens is 1. The molecule has 0 saturated carbocycles. The molecule has 4 nitrogen and oxygen atoms in total. The van der Waals surface area contributed by atoms with Crippen LogP contribution in [-0.2, 0) is 16.1 Å². The number of nitrogens with one attached hydrogen (secondary N) is 1. The number of carbonyl (C=O) groups is 1. The van der Waals surface area contributed by atoms with Gasteiger partial charge in [-0.15, -0.1) is 0 Å². The Morgan fingerprint density at radius 2 is 2.05 bits per heavy atom. The normalized spacial score (nSPS) is 11.9. The number of ether oxygens (including phenoxy) is 1. The molecule has 5 heteroatoms. The fourth-order valence-corrected chi connectivity index (χ4v) is 2.45. The van der Waals surface area contributed by atoms with Crippen LogP contribution in [0.1, 0.15) is 17.2 Å². The van der Waals surface area contributed by atoms with E-state index in [4.69, 9.17) is 4.74 Å². The summed E-state index contributed by atoms with van der Waals surface area (Å²) in [6, 6.07) is 14.0. The highest BCUT2D eigenvalue weighted by molar-refractivity contribution is 9.10. The number of aliphatic carboxylic acids is 1. The SMILES string of the molecule is COCc1cccc(C(Nc2ccccc2Br)C(=O)O)c1. The predicted octanol–water partition coefficient (Wildman–Crippen LogP) is 3.83. The van der Waals surface area contributed by atoms with E-state index in [1.807, 2.05) is 42.5 Å². The number of hydrogen-bond donors (Lipinski definition) is 2. The van der Waals surface area contributed by atoms with Gasteiger partial charge in [0.05, 0.1) is 6.61 Å². The van der Waals surface area contributed by atoms with Gasteiger partial charge in [0.25, 0.3) is 0 Å². The third kappa shape index (κ3) is 4.06. The van der Waals surface area contributed by atoms with Crippen molar-refractivity contribution in [1.29, 1.82) is 0 Å². The minimum atomic E-state index is -0.930. The number of para-hydroxylation sites is 1. The summed E-state index contributed by atoms with van der Waals surface area (Å²) in [5.41, 5.74) is 2.37. The lowest BCUT2D eigenvalue weighted by molar-refractivity contribution is -0.138. The van der Waals surface area contributed by atoms with E-state index >= 15 is 0 Å². The van der Waals surface area contributed by atoms with Crippen LogP contribution >= 0.6 is 15.9 Å². The van der Waals surface area contributed by atoms with Crippen molar-refractivity contribution < 1.29 is 14.6 Å². The highest BCUT2D eigenvalue weighted by atomic mass is 79.9. The molecule has 0 aliphatic carbocycles.